The van der Waals surface area contributed by atoms with Gasteiger partial charge in [-0.3, -0.25) is 4.90 Å². The highest BCUT2D eigenvalue weighted by Crippen LogP contribution is 2.49. The summed E-state index contributed by atoms with van der Waals surface area (Å²) in [5, 5.41) is 10.9. The summed E-state index contributed by atoms with van der Waals surface area (Å²) in [7, 11) is 1.30. The second-order valence-corrected chi connectivity index (χ2v) is 7.49. The van der Waals surface area contributed by atoms with Crippen molar-refractivity contribution in [3.05, 3.63) is 120 Å². The third-order valence-electron chi connectivity index (χ3n) is 5.83. The van der Waals surface area contributed by atoms with Crippen LogP contribution in [0, 0.1) is 0 Å². The first-order valence-corrected chi connectivity index (χ1v) is 9.99. The van der Waals surface area contributed by atoms with Crippen molar-refractivity contribution in [2.45, 2.75) is 17.7 Å². The molecule has 1 aliphatic rings. The lowest BCUT2D eigenvalue weighted by atomic mass is 9.76. The van der Waals surface area contributed by atoms with Gasteiger partial charge in [-0.2, -0.15) is 0 Å². The Kier molecular flexibility index (Phi) is 5.53. The van der Waals surface area contributed by atoms with E-state index >= 15 is 0 Å². The predicted octanol–water partition coefficient (Wildman–Crippen LogP) is 3.75. The van der Waals surface area contributed by atoms with Gasteiger partial charge in [0, 0.05) is 6.54 Å². The Morgan fingerprint density at radius 2 is 1.33 bits per heavy atom. The minimum Gasteiger partial charge on any atom is -0.466 e. The molecule has 0 amide bonds. The van der Waals surface area contributed by atoms with E-state index in [4.69, 9.17) is 4.74 Å². The molecule has 3 aromatic rings. The SMILES string of the molecule is C=C(C(=O)OC)[C@@H](O)[C@@H]1CN1C(c1ccccc1)(c1ccccc1)c1ccccc1. The monoisotopic (exact) mass is 399 g/mol. The lowest BCUT2D eigenvalue weighted by Gasteiger charge is -2.38. The van der Waals surface area contributed by atoms with Crippen LogP contribution in [-0.2, 0) is 15.1 Å². The van der Waals surface area contributed by atoms with E-state index in [1.54, 1.807) is 0 Å². The maximum absolute atomic E-state index is 12.0. The first-order valence-electron chi connectivity index (χ1n) is 9.99. The molecule has 1 heterocycles. The van der Waals surface area contributed by atoms with Gasteiger partial charge in [-0.05, 0) is 16.7 Å². The van der Waals surface area contributed by atoms with Crippen LogP contribution in [0.2, 0.25) is 0 Å². The third-order valence-corrected chi connectivity index (χ3v) is 5.83. The van der Waals surface area contributed by atoms with Crippen molar-refractivity contribution in [1.82, 2.24) is 4.90 Å². The van der Waals surface area contributed by atoms with Crippen LogP contribution < -0.4 is 0 Å². The standard InChI is InChI=1S/C26H25NO3/c1-19(25(29)30-2)24(28)23-18-27(23)26(20-12-6-3-7-13-20,21-14-8-4-9-15-21)22-16-10-5-11-17-22/h3-17,23-24,28H,1,18H2,2H3/t23-,24+,27?/m0/s1. The lowest BCUT2D eigenvalue weighted by molar-refractivity contribution is -0.137. The van der Waals surface area contributed by atoms with E-state index in [9.17, 15) is 9.90 Å². The van der Waals surface area contributed by atoms with Gasteiger partial charge in [0.2, 0.25) is 0 Å². The van der Waals surface area contributed by atoms with Gasteiger partial charge in [0.15, 0.2) is 0 Å². The number of hydrogen-bond acceptors (Lipinski definition) is 4. The molecule has 4 rings (SSSR count). The van der Waals surface area contributed by atoms with Gasteiger partial charge in [0.25, 0.3) is 0 Å². The molecule has 4 heteroatoms. The fourth-order valence-corrected chi connectivity index (χ4v) is 4.33. The Bertz CT molecular complexity index is 921. The molecule has 0 radical (unpaired) electrons. The van der Waals surface area contributed by atoms with Crippen molar-refractivity contribution in [3.63, 3.8) is 0 Å². The van der Waals surface area contributed by atoms with Crippen LogP contribution in [0.5, 0.6) is 0 Å². The molecule has 1 unspecified atom stereocenters. The van der Waals surface area contributed by atoms with Crippen molar-refractivity contribution in [2.24, 2.45) is 0 Å². The van der Waals surface area contributed by atoms with Crippen molar-refractivity contribution in [2.75, 3.05) is 13.7 Å². The summed E-state index contributed by atoms with van der Waals surface area (Å²) in [6.45, 7) is 4.39. The van der Waals surface area contributed by atoms with Crippen LogP contribution >= 0.6 is 0 Å². The fraction of sp³-hybridized carbons (Fsp3) is 0.192. The molecule has 0 saturated carbocycles. The van der Waals surface area contributed by atoms with Gasteiger partial charge >= 0.3 is 5.97 Å². The summed E-state index contributed by atoms with van der Waals surface area (Å²) < 4.78 is 4.77. The number of rotatable bonds is 7. The summed E-state index contributed by atoms with van der Waals surface area (Å²) >= 11 is 0. The van der Waals surface area contributed by atoms with Gasteiger partial charge in [0.1, 0.15) is 6.10 Å². The number of carbonyl (C=O) groups is 1. The summed E-state index contributed by atoms with van der Waals surface area (Å²) in [4.78, 5) is 14.2. The highest BCUT2D eigenvalue weighted by Gasteiger charge is 2.56. The first-order chi connectivity index (χ1) is 14.6. The van der Waals surface area contributed by atoms with Crippen molar-refractivity contribution in [1.29, 1.82) is 0 Å². The number of aliphatic hydroxyl groups is 1. The Labute approximate surface area is 177 Å². The van der Waals surface area contributed by atoms with Crippen LogP contribution in [-0.4, -0.2) is 41.8 Å². The van der Waals surface area contributed by atoms with Gasteiger partial charge in [-0.25, -0.2) is 4.79 Å². The molecule has 1 aliphatic heterocycles. The Morgan fingerprint density at radius 1 is 0.933 bits per heavy atom. The minimum absolute atomic E-state index is 0.0769. The summed E-state index contributed by atoms with van der Waals surface area (Å²) in [5.74, 6) is -0.584. The van der Waals surface area contributed by atoms with Crippen LogP contribution in [0.25, 0.3) is 0 Å². The van der Waals surface area contributed by atoms with Gasteiger partial charge in [0.05, 0.1) is 24.3 Å². The van der Waals surface area contributed by atoms with Crippen LogP contribution in [0.3, 0.4) is 0 Å². The Balaban J connectivity index is 1.87. The van der Waals surface area contributed by atoms with Gasteiger partial charge < -0.3 is 9.84 Å². The maximum Gasteiger partial charge on any atom is 0.335 e. The van der Waals surface area contributed by atoms with E-state index in [2.05, 4.69) is 47.9 Å². The molecule has 1 fully saturated rings. The number of carbonyl (C=O) groups excluding carboxylic acids is 1. The predicted molar refractivity (Wildman–Crippen MR) is 117 cm³/mol. The third kappa shape index (κ3) is 3.34. The average Bonchev–Trinajstić information content (AvgIpc) is 3.61. The number of nitrogens with zero attached hydrogens (tertiary/aromatic N) is 1. The van der Waals surface area contributed by atoms with Crippen molar-refractivity contribution in [3.8, 4) is 0 Å². The van der Waals surface area contributed by atoms with E-state index in [-0.39, 0.29) is 11.6 Å². The Hall–Kier alpha value is -3.21. The molecular weight excluding hydrogens is 374 g/mol. The molecule has 0 aromatic heterocycles. The van der Waals surface area contributed by atoms with Crippen LogP contribution in [0.15, 0.2) is 103 Å². The minimum atomic E-state index is -1.01. The lowest BCUT2D eigenvalue weighted by Crippen LogP contribution is -2.41. The number of methoxy groups -OCH3 is 1. The molecule has 30 heavy (non-hydrogen) atoms. The summed E-state index contributed by atoms with van der Waals surface area (Å²) in [6, 6.07) is 30.5. The zero-order valence-electron chi connectivity index (χ0n) is 16.9. The molecule has 152 valence electrons. The molecule has 3 aromatic carbocycles. The molecular formula is C26H25NO3. The van der Waals surface area contributed by atoms with Crippen LogP contribution in [0.4, 0.5) is 0 Å². The van der Waals surface area contributed by atoms with E-state index in [1.807, 2.05) is 54.6 Å². The topological polar surface area (TPSA) is 49.5 Å². The normalized spacial score (nSPS) is 19.0. The van der Waals surface area contributed by atoms with E-state index in [0.717, 1.165) is 16.7 Å². The second-order valence-electron chi connectivity index (χ2n) is 7.49. The number of esters is 1. The van der Waals surface area contributed by atoms with Gasteiger partial charge in [-0.1, -0.05) is 97.6 Å². The smallest absolute Gasteiger partial charge is 0.335 e. The number of ether oxygens (including phenoxy) is 1. The number of benzene rings is 3. The highest BCUT2D eigenvalue weighted by molar-refractivity contribution is 5.89. The zero-order chi connectivity index (χ0) is 21.1. The average molecular weight is 399 g/mol. The highest BCUT2D eigenvalue weighted by atomic mass is 16.5. The molecule has 3 atom stereocenters. The molecule has 1 N–H and O–H groups in total. The Morgan fingerprint density at radius 3 is 1.70 bits per heavy atom. The number of aliphatic hydroxyl groups excluding tert-OH is 1. The quantitative estimate of drug-likeness (QED) is 0.285. The molecule has 4 nitrogen and oxygen atoms in total. The molecule has 1 saturated heterocycles. The molecule has 0 bridgehead atoms. The van der Waals surface area contributed by atoms with Crippen molar-refractivity contribution >= 4 is 5.97 Å². The maximum atomic E-state index is 12.0. The second kappa shape index (κ2) is 8.27. The molecule has 0 spiro atoms. The van der Waals surface area contributed by atoms with E-state index in [0.29, 0.717) is 6.54 Å². The fourth-order valence-electron chi connectivity index (χ4n) is 4.33. The first kappa shape index (κ1) is 20.1. The van der Waals surface area contributed by atoms with E-state index in [1.165, 1.54) is 7.11 Å². The van der Waals surface area contributed by atoms with Crippen molar-refractivity contribution < 1.29 is 14.6 Å². The zero-order valence-corrected chi connectivity index (χ0v) is 16.9. The van der Waals surface area contributed by atoms with Gasteiger partial charge in [-0.15, -0.1) is 0 Å². The summed E-state index contributed by atoms with van der Waals surface area (Å²) in [5.41, 5.74) is 2.77. The summed E-state index contributed by atoms with van der Waals surface area (Å²) in [6.07, 6.45) is -1.01. The molecule has 0 aliphatic carbocycles. The largest absolute Gasteiger partial charge is 0.466 e. The van der Waals surface area contributed by atoms with Crippen LogP contribution in [0.1, 0.15) is 16.7 Å². The number of hydrogen-bond donors (Lipinski definition) is 1. The van der Waals surface area contributed by atoms with E-state index < -0.39 is 17.6 Å².